The molecule has 2 aromatic heterocycles. The Hall–Kier alpha value is -1.62. The van der Waals surface area contributed by atoms with Gasteiger partial charge in [0.25, 0.3) is 0 Å². The van der Waals surface area contributed by atoms with E-state index in [9.17, 15) is 0 Å². The van der Waals surface area contributed by atoms with Crippen LogP contribution in [0.5, 0.6) is 0 Å². The molecule has 2 N–H and O–H groups in total. The SMILES string of the molecule is CCc1c(NC)ncnc1NC(C)c1cc(C)sc1C. The van der Waals surface area contributed by atoms with Gasteiger partial charge in [-0.1, -0.05) is 6.92 Å². The zero-order valence-corrected chi connectivity index (χ0v) is 13.6. The first-order valence-corrected chi connectivity index (χ1v) is 7.73. The van der Waals surface area contributed by atoms with Crippen molar-refractivity contribution in [1.82, 2.24) is 9.97 Å². The van der Waals surface area contributed by atoms with Crippen LogP contribution in [0.25, 0.3) is 0 Å². The number of hydrogen-bond acceptors (Lipinski definition) is 5. The number of aryl methyl sites for hydroxylation is 2. The van der Waals surface area contributed by atoms with Crippen LogP contribution < -0.4 is 10.6 Å². The molecule has 0 aliphatic heterocycles. The molecule has 0 saturated carbocycles. The first kappa shape index (κ1) is 14.8. The van der Waals surface area contributed by atoms with Gasteiger partial charge < -0.3 is 10.6 Å². The summed E-state index contributed by atoms with van der Waals surface area (Å²) in [5, 5.41) is 6.65. The predicted octanol–water partition coefficient (Wildman–Crippen LogP) is 3.93. The van der Waals surface area contributed by atoms with Gasteiger partial charge in [-0.2, -0.15) is 0 Å². The molecule has 2 heterocycles. The second kappa shape index (κ2) is 6.22. The average molecular weight is 290 g/mol. The quantitative estimate of drug-likeness (QED) is 0.876. The van der Waals surface area contributed by atoms with Gasteiger partial charge in [0, 0.05) is 22.4 Å². The molecule has 0 spiro atoms. The van der Waals surface area contributed by atoms with Gasteiger partial charge in [0.1, 0.15) is 18.0 Å². The molecule has 0 aliphatic rings. The zero-order valence-electron chi connectivity index (χ0n) is 12.7. The van der Waals surface area contributed by atoms with Crippen LogP contribution in [-0.2, 0) is 6.42 Å². The van der Waals surface area contributed by atoms with Crippen molar-refractivity contribution >= 4 is 23.0 Å². The maximum Gasteiger partial charge on any atom is 0.135 e. The van der Waals surface area contributed by atoms with Crippen LogP contribution in [0.2, 0.25) is 0 Å². The highest BCUT2D eigenvalue weighted by Gasteiger charge is 2.15. The molecular weight excluding hydrogens is 268 g/mol. The van der Waals surface area contributed by atoms with E-state index in [2.05, 4.69) is 54.4 Å². The molecule has 1 atom stereocenters. The van der Waals surface area contributed by atoms with E-state index in [-0.39, 0.29) is 6.04 Å². The molecular formula is C15H22N4S. The fourth-order valence-electron chi connectivity index (χ4n) is 2.45. The van der Waals surface area contributed by atoms with Crippen molar-refractivity contribution in [3.63, 3.8) is 0 Å². The number of nitrogens with one attached hydrogen (secondary N) is 2. The Morgan fingerprint density at radius 2 is 1.95 bits per heavy atom. The number of anilines is 2. The summed E-state index contributed by atoms with van der Waals surface area (Å²) in [7, 11) is 1.89. The Labute approximate surface area is 124 Å². The van der Waals surface area contributed by atoms with Crippen molar-refractivity contribution in [2.24, 2.45) is 0 Å². The molecule has 108 valence electrons. The molecule has 5 heteroatoms. The summed E-state index contributed by atoms with van der Waals surface area (Å²) >= 11 is 1.84. The van der Waals surface area contributed by atoms with Gasteiger partial charge in [0.2, 0.25) is 0 Å². The maximum atomic E-state index is 4.40. The lowest BCUT2D eigenvalue weighted by molar-refractivity contribution is 0.860. The van der Waals surface area contributed by atoms with Gasteiger partial charge in [0.15, 0.2) is 0 Å². The molecule has 2 rings (SSSR count). The monoisotopic (exact) mass is 290 g/mol. The van der Waals surface area contributed by atoms with Gasteiger partial charge in [0.05, 0.1) is 6.04 Å². The lowest BCUT2D eigenvalue weighted by atomic mass is 10.1. The van der Waals surface area contributed by atoms with Crippen molar-refractivity contribution < 1.29 is 0 Å². The number of rotatable bonds is 5. The fourth-order valence-corrected chi connectivity index (χ4v) is 3.47. The van der Waals surface area contributed by atoms with E-state index in [0.29, 0.717) is 0 Å². The third-order valence-electron chi connectivity index (χ3n) is 3.43. The second-order valence-corrected chi connectivity index (χ2v) is 6.35. The Kier molecular flexibility index (Phi) is 4.60. The topological polar surface area (TPSA) is 49.8 Å². The molecule has 0 bridgehead atoms. The van der Waals surface area contributed by atoms with Crippen LogP contribution in [0.3, 0.4) is 0 Å². The normalized spacial score (nSPS) is 12.2. The van der Waals surface area contributed by atoms with Crippen molar-refractivity contribution in [1.29, 1.82) is 0 Å². The zero-order chi connectivity index (χ0) is 14.7. The number of aromatic nitrogens is 2. The van der Waals surface area contributed by atoms with Crippen molar-refractivity contribution in [2.75, 3.05) is 17.7 Å². The molecule has 4 nitrogen and oxygen atoms in total. The second-order valence-electron chi connectivity index (χ2n) is 4.89. The van der Waals surface area contributed by atoms with Gasteiger partial charge in [-0.3, -0.25) is 0 Å². The van der Waals surface area contributed by atoms with Gasteiger partial charge in [-0.05, 0) is 38.8 Å². The molecule has 0 saturated heterocycles. The first-order chi connectivity index (χ1) is 9.56. The Bertz CT molecular complexity index is 592. The van der Waals surface area contributed by atoms with E-state index in [1.807, 2.05) is 18.4 Å². The molecule has 2 aromatic rings. The minimum atomic E-state index is 0.241. The van der Waals surface area contributed by atoms with E-state index in [4.69, 9.17) is 0 Å². The van der Waals surface area contributed by atoms with Crippen molar-refractivity contribution in [2.45, 2.75) is 40.2 Å². The molecule has 0 amide bonds. The third-order valence-corrected chi connectivity index (χ3v) is 4.42. The summed E-state index contributed by atoms with van der Waals surface area (Å²) in [6.45, 7) is 8.62. The van der Waals surface area contributed by atoms with Crippen LogP contribution in [0.15, 0.2) is 12.4 Å². The Morgan fingerprint density at radius 1 is 1.25 bits per heavy atom. The van der Waals surface area contributed by atoms with Gasteiger partial charge >= 0.3 is 0 Å². The standard InChI is InChI=1S/C15H22N4S/c1-6-12-14(16-5)17-8-18-15(12)19-10(3)13-7-9(2)20-11(13)4/h7-8,10H,6H2,1-5H3,(H2,16,17,18,19). The highest BCUT2D eigenvalue weighted by molar-refractivity contribution is 7.12. The highest BCUT2D eigenvalue weighted by atomic mass is 32.1. The fraction of sp³-hybridized carbons (Fsp3) is 0.467. The maximum absolute atomic E-state index is 4.40. The summed E-state index contributed by atoms with van der Waals surface area (Å²) in [5.74, 6) is 1.82. The van der Waals surface area contributed by atoms with E-state index >= 15 is 0 Å². The Balaban J connectivity index is 2.28. The molecule has 0 aromatic carbocycles. The van der Waals surface area contributed by atoms with Crippen molar-refractivity contribution in [3.8, 4) is 0 Å². The van der Waals surface area contributed by atoms with Crippen LogP contribution in [0.1, 0.15) is 40.8 Å². The van der Waals surface area contributed by atoms with Crippen LogP contribution in [0.4, 0.5) is 11.6 Å². The van der Waals surface area contributed by atoms with Gasteiger partial charge in [-0.15, -0.1) is 11.3 Å². The minimum absolute atomic E-state index is 0.241. The summed E-state index contributed by atoms with van der Waals surface area (Å²) in [4.78, 5) is 11.4. The first-order valence-electron chi connectivity index (χ1n) is 6.91. The van der Waals surface area contributed by atoms with E-state index in [1.54, 1.807) is 6.33 Å². The summed E-state index contributed by atoms with van der Waals surface area (Å²) in [5.41, 5.74) is 2.48. The summed E-state index contributed by atoms with van der Waals surface area (Å²) in [6, 6.07) is 2.49. The van der Waals surface area contributed by atoms with E-state index in [0.717, 1.165) is 23.6 Å². The number of nitrogens with zero attached hydrogens (tertiary/aromatic N) is 2. The minimum Gasteiger partial charge on any atom is -0.373 e. The lowest BCUT2D eigenvalue weighted by Crippen LogP contribution is -2.12. The molecule has 0 fully saturated rings. The van der Waals surface area contributed by atoms with Crippen LogP contribution >= 0.6 is 11.3 Å². The lowest BCUT2D eigenvalue weighted by Gasteiger charge is -2.18. The van der Waals surface area contributed by atoms with E-state index in [1.165, 1.54) is 15.3 Å². The van der Waals surface area contributed by atoms with E-state index < -0.39 is 0 Å². The molecule has 1 unspecified atom stereocenters. The van der Waals surface area contributed by atoms with Crippen molar-refractivity contribution in [3.05, 3.63) is 33.3 Å². The molecule has 0 radical (unpaired) electrons. The van der Waals surface area contributed by atoms with Gasteiger partial charge in [-0.25, -0.2) is 9.97 Å². The Morgan fingerprint density at radius 3 is 2.50 bits per heavy atom. The highest BCUT2D eigenvalue weighted by Crippen LogP contribution is 2.30. The smallest absolute Gasteiger partial charge is 0.135 e. The average Bonchev–Trinajstić information content (AvgIpc) is 2.77. The summed E-state index contributed by atoms with van der Waals surface area (Å²) < 4.78 is 0. The predicted molar refractivity (Wildman–Crippen MR) is 86.8 cm³/mol. The summed E-state index contributed by atoms with van der Waals surface area (Å²) in [6.07, 6.45) is 2.50. The molecule has 20 heavy (non-hydrogen) atoms. The largest absolute Gasteiger partial charge is 0.373 e. The third kappa shape index (κ3) is 2.93. The number of thiophene rings is 1. The number of hydrogen-bond donors (Lipinski definition) is 2. The molecule has 0 aliphatic carbocycles. The van der Waals surface area contributed by atoms with Crippen LogP contribution in [-0.4, -0.2) is 17.0 Å². The van der Waals surface area contributed by atoms with Crippen LogP contribution in [0, 0.1) is 13.8 Å².